The lowest BCUT2D eigenvalue weighted by Crippen LogP contribution is -2.37. The van der Waals surface area contributed by atoms with Gasteiger partial charge in [0.1, 0.15) is 6.07 Å². The van der Waals surface area contributed by atoms with Crippen LogP contribution >= 0.6 is 0 Å². The number of rotatable bonds is 3. The molecule has 21 heavy (non-hydrogen) atoms. The number of hydrogen-bond donors (Lipinski definition) is 0. The molecular formula is C15H17F3N2O. The molecular weight excluding hydrogens is 281 g/mol. The van der Waals surface area contributed by atoms with Crippen LogP contribution in [0.4, 0.5) is 18.9 Å². The summed E-state index contributed by atoms with van der Waals surface area (Å²) in [6.45, 7) is 2.08. The number of hydrogen-bond acceptors (Lipinski definition) is 3. The van der Waals surface area contributed by atoms with Crippen molar-refractivity contribution in [1.82, 2.24) is 0 Å². The van der Waals surface area contributed by atoms with E-state index in [2.05, 4.69) is 0 Å². The maximum absolute atomic E-state index is 12.7. The summed E-state index contributed by atoms with van der Waals surface area (Å²) >= 11 is 0. The lowest BCUT2D eigenvalue weighted by molar-refractivity contribution is -0.137. The van der Waals surface area contributed by atoms with E-state index in [1.54, 1.807) is 7.11 Å². The van der Waals surface area contributed by atoms with Gasteiger partial charge in [-0.3, -0.25) is 0 Å². The highest BCUT2D eigenvalue weighted by atomic mass is 19.4. The molecule has 1 aromatic rings. The van der Waals surface area contributed by atoms with Crippen LogP contribution in [0.2, 0.25) is 0 Å². The number of nitrogens with zero attached hydrogens (tertiary/aromatic N) is 2. The lowest BCUT2D eigenvalue weighted by atomic mass is 9.97. The first-order chi connectivity index (χ1) is 9.95. The second-order valence-electron chi connectivity index (χ2n) is 5.25. The molecule has 3 nitrogen and oxygen atoms in total. The molecule has 0 radical (unpaired) electrons. The van der Waals surface area contributed by atoms with E-state index in [1.165, 1.54) is 6.07 Å². The molecule has 114 valence electrons. The molecule has 0 amide bonds. The summed E-state index contributed by atoms with van der Waals surface area (Å²) in [6.07, 6.45) is -2.45. The summed E-state index contributed by atoms with van der Waals surface area (Å²) in [6, 6.07) is 5.24. The zero-order valence-corrected chi connectivity index (χ0v) is 11.8. The van der Waals surface area contributed by atoms with Gasteiger partial charge < -0.3 is 9.64 Å². The van der Waals surface area contributed by atoms with E-state index in [4.69, 9.17) is 10.00 Å². The van der Waals surface area contributed by atoms with E-state index in [1.807, 2.05) is 11.0 Å². The lowest BCUT2D eigenvalue weighted by Gasteiger charge is -2.34. The third-order valence-corrected chi connectivity index (χ3v) is 3.71. The van der Waals surface area contributed by atoms with Gasteiger partial charge in [-0.15, -0.1) is 0 Å². The number of anilines is 1. The quantitative estimate of drug-likeness (QED) is 0.857. The molecule has 1 saturated heterocycles. The monoisotopic (exact) mass is 298 g/mol. The minimum absolute atomic E-state index is 0.0721. The van der Waals surface area contributed by atoms with Gasteiger partial charge in [0.05, 0.1) is 23.4 Å². The Labute approximate surface area is 121 Å². The Kier molecular flexibility index (Phi) is 4.73. The van der Waals surface area contributed by atoms with Gasteiger partial charge in [0.25, 0.3) is 0 Å². The maximum Gasteiger partial charge on any atom is 0.416 e. The number of piperidine rings is 1. The van der Waals surface area contributed by atoms with Gasteiger partial charge in [0.15, 0.2) is 0 Å². The number of methoxy groups -OCH3 is 1. The fraction of sp³-hybridized carbons (Fsp3) is 0.533. The highest BCUT2D eigenvalue weighted by Gasteiger charge is 2.32. The molecule has 0 N–H and O–H groups in total. The topological polar surface area (TPSA) is 36.3 Å². The largest absolute Gasteiger partial charge is 0.416 e. The molecule has 1 unspecified atom stereocenters. The van der Waals surface area contributed by atoms with Crippen LogP contribution in [0.25, 0.3) is 0 Å². The van der Waals surface area contributed by atoms with E-state index in [-0.39, 0.29) is 5.56 Å². The summed E-state index contributed by atoms with van der Waals surface area (Å²) in [7, 11) is 1.64. The molecule has 0 bridgehead atoms. The molecule has 1 aromatic carbocycles. The molecule has 0 aromatic heterocycles. The number of ether oxygens (including phenoxy) is 1. The van der Waals surface area contributed by atoms with Gasteiger partial charge in [-0.1, -0.05) is 0 Å². The Bertz CT molecular complexity index is 535. The smallest absolute Gasteiger partial charge is 0.384 e. The molecule has 0 spiro atoms. The van der Waals surface area contributed by atoms with E-state index in [0.717, 1.165) is 31.5 Å². The van der Waals surface area contributed by atoms with Crippen LogP contribution in [-0.2, 0) is 10.9 Å². The first-order valence-corrected chi connectivity index (χ1v) is 6.81. The number of alkyl halides is 3. The minimum Gasteiger partial charge on any atom is -0.384 e. The van der Waals surface area contributed by atoms with Crippen molar-refractivity contribution in [3.63, 3.8) is 0 Å². The molecule has 1 atom stereocenters. The molecule has 1 heterocycles. The van der Waals surface area contributed by atoms with E-state index in [9.17, 15) is 13.2 Å². The van der Waals surface area contributed by atoms with Gasteiger partial charge in [-0.25, -0.2) is 0 Å². The Morgan fingerprint density at radius 3 is 2.81 bits per heavy atom. The Balaban J connectivity index is 2.25. The van der Waals surface area contributed by atoms with Crippen LogP contribution in [0.15, 0.2) is 18.2 Å². The fourth-order valence-electron chi connectivity index (χ4n) is 2.73. The highest BCUT2D eigenvalue weighted by Crippen LogP contribution is 2.33. The normalized spacial score (nSPS) is 19.4. The molecule has 1 aliphatic heterocycles. The van der Waals surface area contributed by atoms with Gasteiger partial charge in [0.2, 0.25) is 0 Å². The zero-order chi connectivity index (χ0) is 15.5. The predicted octanol–water partition coefficient (Wildman–Crippen LogP) is 3.44. The van der Waals surface area contributed by atoms with Crippen LogP contribution in [0.3, 0.4) is 0 Å². The summed E-state index contributed by atoms with van der Waals surface area (Å²) in [5, 5.41) is 9.14. The Morgan fingerprint density at radius 2 is 2.19 bits per heavy atom. The summed E-state index contributed by atoms with van der Waals surface area (Å²) in [5.74, 6) is 0.345. The average Bonchev–Trinajstić information content (AvgIpc) is 2.46. The summed E-state index contributed by atoms with van der Waals surface area (Å²) in [4.78, 5) is 1.98. The standard InChI is InChI=1S/C15H17F3N2O/c1-21-10-11-3-2-6-20(9-11)14-5-4-13(15(16,17)18)7-12(14)8-19/h4-5,7,11H,2-3,6,9-10H2,1H3. The summed E-state index contributed by atoms with van der Waals surface area (Å²) in [5.41, 5.74) is -0.137. The maximum atomic E-state index is 12.7. The van der Waals surface area contributed by atoms with Crippen molar-refractivity contribution in [3.05, 3.63) is 29.3 Å². The van der Waals surface area contributed by atoms with Crippen molar-refractivity contribution < 1.29 is 17.9 Å². The first-order valence-electron chi connectivity index (χ1n) is 6.81. The van der Waals surface area contributed by atoms with Crippen molar-refractivity contribution in [1.29, 1.82) is 5.26 Å². The first kappa shape index (κ1) is 15.6. The van der Waals surface area contributed by atoms with Crippen LogP contribution < -0.4 is 4.90 Å². The molecule has 2 rings (SSSR count). The minimum atomic E-state index is -4.43. The van der Waals surface area contributed by atoms with Crippen molar-refractivity contribution >= 4 is 5.69 Å². The molecule has 0 saturated carbocycles. The van der Waals surface area contributed by atoms with E-state index in [0.29, 0.717) is 24.8 Å². The average molecular weight is 298 g/mol. The van der Waals surface area contributed by atoms with E-state index < -0.39 is 11.7 Å². The molecule has 0 aliphatic carbocycles. The zero-order valence-electron chi connectivity index (χ0n) is 11.8. The van der Waals surface area contributed by atoms with Crippen LogP contribution in [0.5, 0.6) is 0 Å². The number of nitriles is 1. The van der Waals surface area contributed by atoms with Crippen molar-refractivity contribution in [2.24, 2.45) is 5.92 Å². The number of benzene rings is 1. The Hall–Kier alpha value is -1.74. The summed E-state index contributed by atoms with van der Waals surface area (Å²) < 4.78 is 43.2. The molecule has 6 heteroatoms. The molecule has 1 fully saturated rings. The predicted molar refractivity (Wildman–Crippen MR) is 73.0 cm³/mol. The number of halogens is 3. The van der Waals surface area contributed by atoms with Crippen molar-refractivity contribution in [3.8, 4) is 6.07 Å². The SMILES string of the molecule is COCC1CCCN(c2ccc(C(F)(F)F)cc2C#N)C1. The van der Waals surface area contributed by atoms with E-state index >= 15 is 0 Å². The molecule has 1 aliphatic rings. The fourth-order valence-corrected chi connectivity index (χ4v) is 2.73. The second kappa shape index (κ2) is 6.35. The second-order valence-corrected chi connectivity index (χ2v) is 5.25. The van der Waals surface area contributed by atoms with Gasteiger partial charge in [-0.05, 0) is 37.0 Å². The van der Waals surface area contributed by atoms with Gasteiger partial charge in [0, 0.05) is 20.2 Å². The Morgan fingerprint density at radius 1 is 1.43 bits per heavy atom. The van der Waals surface area contributed by atoms with Crippen molar-refractivity contribution in [2.75, 3.05) is 31.7 Å². The van der Waals surface area contributed by atoms with Gasteiger partial charge in [-0.2, -0.15) is 18.4 Å². The van der Waals surface area contributed by atoms with Gasteiger partial charge >= 0.3 is 6.18 Å². The van der Waals surface area contributed by atoms with Crippen molar-refractivity contribution in [2.45, 2.75) is 19.0 Å². The van der Waals surface area contributed by atoms with Crippen LogP contribution in [0.1, 0.15) is 24.0 Å². The van der Waals surface area contributed by atoms with Crippen LogP contribution in [0, 0.1) is 17.2 Å². The highest BCUT2D eigenvalue weighted by molar-refractivity contribution is 5.61. The van der Waals surface area contributed by atoms with Crippen LogP contribution in [-0.4, -0.2) is 26.8 Å². The third-order valence-electron chi connectivity index (χ3n) is 3.71. The third kappa shape index (κ3) is 3.67.